The van der Waals surface area contributed by atoms with Crippen molar-refractivity contribution in [1.82, 2.24) is 9.55 Å². The van der Waals surface area contributed by atoms with Gasteiger partial charge >= 0.3 is 35.2 Å². The number of nitrogens with two attached hydrogens (primary N) is 1. The van der Waals surface area contributed by atoms with Crippen LogP contribution in [0.2, 0.25) is 0 Å². The molecule has 0 aliphatic carbocycles. The van der Waals surface area contributed by atoms with E-state index in [1.165, 1.54) is 6.07 Å². The van der Waals surface area contributed by atoms with Crippen molar-refractivity contribution in [3.05, 3.63) is 22.7 Å². The van der Waals surface area contributed by atoms with Crippen LogP contribution >= 0.6 is 15.6 Å². The van der Waals surface area contributed by atoms with E-state index in [-0.39, 0.29) is 59.5 Å². The number of anilines is 1. The molecule has 1 fully saturated rings. The van der Waals surface area contributed by atoms with Gasteiger partial charge in [0.15, 0.2) is 6.23 Å². The Bertz CT molecular complexity index is 930. The van der Waals surface area contributed by atoms with Crippen LogP contribution in [-0.2, 0) is 27.2 Å². The summed E-state index contributed by atoms with van der Waals surface area (Å²) in [5.41, 5.74) is 4.50. The summed E-state index contributed by atoms with van der Waals surface area (Å²) in [6.45, 7) is -0.987. The fourth-order valence-corrected chi connectivity index (χ4v) is 4.47. The fraction of sp³-hybridized carbons (Fsp3) is 0.714. The number of likely N-dealkylation sites (N-methyl/N-ethyl adjacent to an activating group) is 1. The van der Waals surface area contributed by atoms with E-state index in [0.29, 0.717) is 4.48 Å². The Morgan fingerprint density at radius 2 is 1.74 bits per heavy atom. The van der Waals surface area contributed by atoms with Crippen molar-refractivity contribution in [2.45, 2.75) is 24.5 Å². The molecule has 2 rings (SSSR count). The summed E-state index contributed by atoms with van der Waals surface area (Å²) >= 11 is 0. The van der Waals surface area contributed by atoms with Crippen LogP contribution in [0.4, 0.5) is 5.82 Å². The molecule has 8 N–H and O–H groups in total. The van der Waals surface area contributed by atoms with Crippen LogP contribution in [0.5, 0.6) is 0 Å². The summed E-state index contributed by atoms with van der Waals surface area (Å²) in [5.74, 6) is -0.0793. The smallest absolute Gasteiger partial charge is 0.756 e. The third-order valence-corrected chi connectivity index (χ3v) is 6.64. The number of nitrogens with zero attached hydrogens (tertiary/aromatic N) is 3. The maximum atomic E-state index is 11.9. The van der Waals surface area contributed by atoms with Gasteiger partial charge in [0.2, 0.25) is 0 Å². The standard InChI is InChI=1S/C14H26N4O11P2.Na.2H2O/c1-18(2,3)6-7-26-30(22,23)29-31(24,25)27-8-9-11(19)12(20)13(28-9)17-5-4-10(15)16-14(17)21;;;/h4-5,9,11-13,19-20H,6-8H2,1-3H3,(H3-,15,16,21,22,23,24,25);;2*1H2/q;+1;;/p-1/t9?,11-,12-,13?;;;/m1.../s1. The molecule has 4 unspecified atom stereocenters. The maximum Gasteiger partial charge on any atom is 1.00 e. The van der Waals surface area contributed by atoms with E-state index in [9.17, 15) is 33.9 Å². The van der Waals surface area contributed by atoms with Gasteiger partial charge in [-0.3, -0.25) is 13.7 Å². The number of hydrogen-bond donors (Lipinski definition) is 3. The third kappa shape index (κ3) is 10.8. The van der Waals surface area contributed by atoms with Crippen molar-refractivity contribution < 1.29 is 92.2 Å². The quantitative estimate of drug-likeness (QED) is 0.140. The number of rotatable bonds is 10. The van der Waals surface area contributed by atoms with Crippen LogP contribution in [0.3, 0.4) is 0 Å². The van der Waals surface area contributed by atoms with Crippen LogP contribution < -0.4 is 50.8 Å². The Kier molecular flexibility index (Phi) is 14.6. The summed E-state index contributed by atoms with van der Waals surface area (Å²) in [4.78, 5) is 38.9. The second-order valence-electron chi connectivity index (χ2n) is 7.71. The van der Waals surface area contributed by atoms with Gasteiger partial charge in [-0.25, -0.2) is 9.11 Å². The third-order valence-electron chi connectivity index (χ3n) is 4.07. The van der Waals surface area contributed by atoms with E-state index in [0.717, 1.165) is 10.8 Å². The van der Waals surface area contributed by atoms with E-state index in [1.54, 1.807) is 21.1 Å². The van der Waals surface area contributed by atoms with Crippen LogP contribution in [0.15, 0.2) is 17.1 Å². The molecule has 0 bridgehead atoms. The average molecular weight is 546 g/mol. The molecule has 0 amide bonds. The van der Waals surface area contributed by atoms with Crippen LogP contribution in [0.25, 0.3) is 0 Å². The van der Waals surface area contributed by atoms with Crippen molar-refractivity contribution in [3.8, 4) is 0 Å². The Balaban J connectivity index is 0. The molecule has 1 aliphatic heterocycles. The number of aliphatic hydroxyl groups is 2. The molecule has 1 aromatic rings. The molecule has 1 aromatic heterocycles. The van der Waals surface area contributed by atoms with E-state index in [4.69, 9.17) is 10.5 Å². The maximum absolute atomic E-state index is 11.9. The summed E-state index contributed by atoms with van der Waals surface area (Å²) in [7, 11) is -5.36. The summed E-state index contributed by atoms with van der Waals surface area (Å²) in [6.07, 6.45) is -5.01. The normalized spacial score (nSPS) is 25.7. The first-order valence-corrected chi connectivity index (χ1v) is 11.8. The number of nitrogen functional groups attached to an aromatic ring is 1. The van der Waals surface area contributed by atoms with Crippen molar-refractivity contribution in [2.24, 2.45) is 0 Å². The minimum atomic E-state index is -5.43. The number of aromatic nitrogens is 2. The SMILES string of the molecule is C[N+](C)(C)CCOP(=O)([O-])OP(=O)([O-])OCC1OC(n2ccc(N)nc2=O)[C@H](O)[C@@H]1O.O.O.[Na+]. The zero-order valence-electron chi connectivity index (χ0n) is 19.0. The summed E-state index contributed by atoms with van der Waals surface area (Å²) in [5, 5.41) is 20.2. The van der Waals surface area contributed by atoms with E-state index >= 15 is 0 Å². The van der Waals surface area contributed by atoms with Crippen LogP contribution in [-0.4, -0.2) is 94.4 Å². The van der Waals surface area contributed by atoms with Crippen molar-refractivity contribution in [2.75, 3.05) is 46.6 Å². The molecule has 34 heavy (non-hydrogen) atoms. The topological polar surface area (TPSA) is 282 Å². The number of ether oxygens (including phenoxy) is 1. The molecule has 194 valence electrons. The Morgan fingerprint density at radius 3 is 2.26 bits per heavy atom. The number of hydrogen-bond acceptors (Lipinski definition) is 13. The largest absolute Gasteiger partial charge is 1.00 e. The Morgan fingerprint density at radius 1 is 1.18 bits per heavy atom. The summed E-state index contributed by atoms with van der Waals surface area (Å²) in [6, 6.07) is 1.25. The Hall–Kier alpha value is -0.300. The molecule has 1 aliphatic rings. The molecule has 17 nitrogen and oxygen atoms in total. The first-order valence-electron chi connectivity index (χ1n) is 8.89. The second-order valence-corrected chi connectivity index (χ2v) is 10.7. The van der Waals surface area contributed by atoms with Gasteiger partial charge in [-0.2, -0.15) is 4.98 Å². The molecule has 1 saturated heterocycles. The predicted molar refractivity (Wildman–Crippen MR) is 107 cm³/mol. The average Bonchev–Trinajstić information content (AvgIpc) is 2.86. The fourth-order valence-electron chi connectivity index (χ4n) is 2.48. The van der Waals surface area contributed by atoms with E-state index < -0.39 is 52.5 Å². The van der Waals surface area contributed by atoms with E-state index in [1.807, 2.05) is 0 Å². The van der Waals surface area contributed by atoms with Crippen LogP contribution in [0.1, 0.15) is 6.23 Å². The predicted octanol–water partition coefficient (Wildman–Crippen LogP) is -7.51. The molecule has 0 saturated carbocycles. The van der Waals surface area contributed by atoms with Crippen molar-refractivity contribution in [3.63, 3.8) is 0 Å². The minimum Gasteiger partial charge on any atom is -0.756 e. The molecule has 2 heterocycles. The number of phosphoric ester groups is 2. The molecule has 0 aromatic carbocycles. The second kappa shape index (κ2) is 13.9. The molecule has 20 heteroatoms. The van der Waals surface area contributed by atoms with Gasteiger partial charge in [0.25, 0.3) is 15.6 Å². The molecular weight excluding hydrogens is 517 g/mol. The first kappa shape index (κ1) is 35.9. The first-order chi connectivity index (χ1) is 14.1. The molecule has 6 atom stereocenters. The van der Waals surface area contributed by atoms with Gasteiger partial charge < -0.3 is 55.0 Å². The monoisotopic (exact) mass is 546 g/mol. The van der Waals surface area contributed by atoms with Gasteiger partial charge in [-0.05, 0) is 6.07 Å². The van der Waals surface area contributed by atoms with Crippen LogP contribution in [0, 0.1) is 0 Å². The minimum absolute atomic E-state index is 0. The van der Waals surface area contributed by atoms with E-state index in [2.05, 4.69) is 18.3 Å². The van der Waals surface area contributed by atoms with Gasteiger partial charge in [0, 0.05) is 6.20 Å². The number of aliphatic hydroxyl groups excluding tert-OH is 2. The zero-order chi connectivity index (χ0) is 23.6. The van der Waals surface area contributed by atoms with Crippen molar-refractivity contribution >= 4 is 21.5 Å². The van der Waals surface area contributed by atoms with Gasteiger partial charge in [0.05, 0.1) is 27.7 Å². The molecular formula is C14H29N4NaO13P2. The Labute approximate surface area is 216 Å². The molecule has 0 radical (unpaired) electrons. The van der Waals surface area contributed by atoms with Crippen molar-refractivity contribution in [1.29, 1.82) is 0 Å². The number of quaternary nitrogens is 1. The van der Waals surface area contributed by atoms with Gasteiger partial charge in [0.1, 0.15) is 37.3 Å². The molecule has 0 spiro atoms. The van der Waals surface area contributed by atoms with Gasteiger partial charge in [-0.1, -0.05) is 0 Å². The zero-order valence-corrected chi connectivity index (χ0v) is 22.8. The number of phosphoric acid groups is 2. The summed E-state index contributed by atoms with van der Waals surface area (Å²) < 4.78 is 42.9. The van der Waals surface area contributed by atoms with Gasteiger partial charge in [-0.15, -0.1) is 0 Å².